The molecular weight excluding hydrogens is 362 g/mol. The molecule has 4 rings (SSSR count). The van der Waals surface area contributed by atoms with Crippen LogP contribution in [0.15, 0.2) is 59.8 Å². The number of hydrogen-bond acceptors (Lipinski definition) is 4. The highest BCUT2D eigenvalue weighted by atomic mass is 32.2. The number of hydrogen-bond donors (Lipinski definition) is 1. The van der Waals surface area contributed by atoms with Crippen LogP contribution in [0.3, 0.4) is 0 Å². The highest BCUT2D eigenvalue weighted by Crippen LogP contribution is 2.30. The maximum absolute atomic E-state index is 12.9. The SMILES string of the molecule is CCOc1ccc(S(=O)(=O)N2CC=C(c3c[nH]c4cccnc34)CC2)cc1. The highest BCUT2D eigenvalue weighted by molar-refractivity contribution is 7.89. The van der Waals surface area contributed by atoms with Crippen LogP contribution in [0.4, 0.5) is 0 Å². The zero-order valence-electron chi connectivity index (χ0n) is 15.1. The Morgan fingerprint density at radius 3 is 2.74 bits per heavy atom. The minimum atomic E-state index is -3.52. The summed E-state index contributed by atoms with van der Waals surface area (Å²) in [6, 6.07) is 10.5. The molecule has 1 aliphatic rings. The lowest BCUT2D eigenvalue weighted by Gasteiger charge is -2.25. The molecule has 140 valence electrons. The molecule has 0 fully saturated rings. The van der Waals surface area contributed by atoms with E-state index in [-0.39, 0.29) is 4.90 Å². The monoisotopic (exact) mass is 383 g/mol. The maximum Gasteiger partial charge on any atom is 0.243 e. The molecule has 3 aromatic rings. The third-order valence-corrected chi connectivity index (χ3v) is 6.60. The second-order valence-corrected chi connectivity index (χ2v) is 8.29. The van der Waals surface area contributed by atoms with Crippen molar-refractivity contribution in [1.82, 2.24) is 14.3 Å². The number of aromatic amines is 1. The van der Waals surface area contributed by atoms with E-state index >= 15 is 0 Å². The molecule has 1 aliphatic heterocycles. The van der Waals surface area contributed by atoms with E-state index in [9.17, 15) is 8.42 Å². The first-order chi connectivity index (χ1) is 13.1. The number of sulfonamides is 1. The Hall–Kier alpha value is -2.64. The first kappa shape index (κ1) is 17.8. The van der Waals surface area contributed by atoms with E-state index in [1.54, 1.807) is 30.5 Å². The summed E-state index contributed by atoms with van der Waals surface area (Å²) in [5.41, 5.74) is 4.08. The van der Waals surface area contributed by atoms with Crippen molar-refractivity contribution in [3.05, 3.63) is 60.4 Å². The molecule has 0 saturated carbocycles. The molecule has 3 heterocycles. The Labute approximate surface area is 158 Å². The van der Waals surface area contributed by atoms with Gasteiger partial charge in [0.1, 0.15) is 5.75 Å². The zero-order chi connectivity index (χ0) is 18.9. The highest BCUT2D eigenvalue weighted by Gasteiger charge is 2.27. The fourth-order valence-electron chi connectivity index (χ4n) is 3.34. The van der Waals surface area contributed by atoms with Crippen LogP contribution < -0.4 is 4.74 Å². The van der Waals surface area contributed by atoms with Gasteiger partial charge in [-0.1, -0.05) is 6.08 Å². The summed E-state index contributed by atoms with van der Waals surface area (Å²) in [6.07, 6.45) is 6.35. The summed E-state index contributed by atoms with van der Waals surface area (Å²) in [5, 5.41) is 0. The van der Waals surface area contributed by atoms with Gasteiger partial charge in [0.15, 0.2) is 0 Å². The lowest BCUT2D eigenvalue weighted by molar-refractivity contribution is 0.340. The molecule has 27 heavy (non-hydrogen) atoms. The van der Waals surface area contributed by atoms with E-state index < -0.39 is 10.0 Å². The molecule has 0 amide bonds. The molecule has 0 aliphatic carbocycles. The van der Waals surface area contributed by atoms with Crippen LogP contribution in [-0.2, 0) is 10.0 Å². The van der Waals surface area contributed by atoms with Gasteiger partial charge in [-0.3, -0.25) is 4.98 Å². The van der Waals surface area contributed by atoms with Crippen molar-refractivity contribution < 1.29 is 13.2 Å². The average molecular weight is 383 g/mol. The van der Waals surface area contributed by atoms with E-state index in [0.717, 1.165) is 22.2 Å². The third kappa shape index (κ3) is 3.36. The molecule has 1 N–H and O–H groups in total. The van der Waals surface area contributed by atoms with Crippen molar-refractivity contribution in [2.24, 2.45) is 0 Å². The molecule has 2 aromatic heterocycles. The molecule has 0 saturated heterocycles. The molecular formula is C20H21N3O3S. The Balaban J connectivity index is 1.55. The van der Waals surface area contributed by atoms with Gasteiger partial charge in [-0.05, 0) is 55.3 Å². The van der Waals surface area contributed by atoms with Crippen molar-refractivity contribution >= 4 is 26.6 Å². The van der Waals surface area contributed by atoms with Gasteiger partial charge >= 0.3 is 0 Å². The van der Waals surface area contributed by atoms with Crippen LogP contribution in [0, 0.1) is 0 Å². The fraction of sp³-hybridized carbons (Fsp3) is 0.250. The number of nitrogens with one attached hydrogen (secondary N) is 1. The normalized spacial score (nSPS) is 15.7. The molecule has 0 radical (unpaired) electrons. The number of nitrogens with zero attached hydrogens (tertiary/aromatic N) is 2. The van der Waals surface area contributed by atoms with Crippen LogP contribution >= 0.6 is 0 Å². The summed E-state index contributed by atoms with van der Waals surface area (Å²) in [4.78, 5) is 7.95. The number of benzene rings is 1. The Kier molecular flexibility index (Phi) is 4.72. The van der Waals surface area contributed by atoms with Gasteiger partial charge in [-0.2, -0.15) is 4.31 Å². The van der Waals surface area contributed by atoms with E-state index in [1.165, 1.54) is 4.31 Å². The summed E-state index contributed by atoms with van der Waals surface area (Å²) in [5.74, 6) is 0.670. The largest absolute Gasteiger partial charge is 0.494 e. The summed E-state index contributed by atoms with van der Waals surface area (Å²) in [6.45, 7) is 3.24. The van der Waals surface area contributed by atoms with Gasteiger partial charge in [-0.25, -0.2) is 8.42 Å². The molecule has 1 aromatic carbocycles. The number of aromatic nitrogens is 2. The fourth-order valence-corrected chi connectivity index (χ4v) is 4.72. The first-order valence-electron chi connectivity index (χ1n) is 8.94. The van der Waals surface area contributed by atoms with Crippen molar-refractivity contribution in [1.29, 1.82) is 0 Å². The topological polar surface area (TPSA) is 75.3 Å². The van der Waals surface area contributed by atoms with Gasteiger partial charge < -0.3 is 9.72 Å². The minimum absolute atomic E-state index is 0.288. The Morgan fingerprint density at radius 2 is 2.04 bits per heavy atom. The van der Waals surface area contributed by atoms with Crippen LogP contribution in [0.1, 0.15) is 18.9 Å². The molecule has 0 atom stereocenters. The summed E-state index contributed by atoms with van der Waals surface area (Å²) in [7, 11) is -3.52. The third-order valence-electron chi connectivity index (χ3n) is 4.73. The molecule has 0 unspecified atom stereocenters. The minimum Gasteiger partial charge on any atom is -0.494 e. The van der Waals surface area contributed by atoms with Gasteiger partial charge in [0.25, 0.3) is 0 Å². The lowest BCUT2D eigenvalue weighted by Crippen LogP contribution is -2.34. The second-order valence-electron chi connectivity index (χ2n) is 6.35. The first-order valence-corrected chi connectivity index (χ1v) is 10.4. The van der Waals surface area contributed by atoms with Crippen molar-refractivity contribution in [2.45, 2.75) is 18.2 Å². The maximum atomic E-state index is 12.9. The van der Waals surface area contributed by atoms with Crippen molar-refractivity contribution in [3.8, 4) is 5.75 Å². The van der Waals surface area contributed by atoms with E-state index in [2.05, 4.69) is 9.97 Å². The van der Waals surface area contributed by atoms with E-state index in [4.69, 9.17) is 4.74 Å². The number of ether oxygens (including phenoxy) is 1. The summed E-state index contributed by atoms with van der Waals surface area (Å²) >= 11 is 0. The van der Waals surface area contributed by atoms with Crippen LogP contribution in [0.5, 0.6) is 5.75 Å². The molecule has 0 spiro atoms. The number of rotatable bonds is 5. The standard InChI is InChI=1S/C20H21N3O3S/c1-2-26-16-5-7-17(8-6-16)27(24,25)23-12-9-15(10-13-23)18-14-22-19-4-3-11-21-20(18)19/h3-9,11,14,22H,2,10,12-13H2,1H3. The van der Waals surface area contributed by atoms with Crippen molar-refractivity contribution in [2.75, 3.05) is 19.7 Å². The Bertz CT molecular complexity index is 1090. The molecule has 0 bridgehead atoms. The number of fused-ring (bicyclic) bond motifs is 1. The summed E-state index contributed by atoms with van der Waals surface area (Å²) < 4.78 is 32.7. The number of H-pyrrole nitrogens is 1. The number of pyridine rings is 1. The van der Waals surface area contributed by atoms with Gasteiger partial charge in [0, 0.05) is 31.0 Å². The van der Waals surface area contributed by atoms with Crippen LogP contribution in [0.25, 0.3) is 16.6 Å². The Morgan fingerprint density at radius 1 is 1.22 bits per heavy atom. The van der Waals surface area contributed by atoms with Crippen molar-refractivity contribution in [3.63, 3.8) is 0 Å². The van der Waals surface area contributed by atoms with Gasteiger partial charge in [0.2, 0.25) is 10.0 Å². The van der Waals surface area contributed by atoms with Crippen LogP contribution in [-0.4, -0.2) is 42.4 Å². The zero-order valence-corrected chi connectivity index (χ0v) is 15.9. The smallest absolute Gasteiger partial charge is 0.243 e. The molecule has 7 heteroatoms. The van der Waals surface area contributed by atoms with E-state index in [0.29, 0.717) is 31.9 Å². The van der Waals surface area contributed by atoms with E-state index in [1.807, 2.05) is 31.3 Å². The predicted molar refractivity (Wildman–Crippen MR) is 105 cm³/mol. The van der Waals surface area contributed by atoms with Crippen LogP contribution in [0.2, 0.25) is 0 Å². The quantitative estimate of drug-likeness (QED) is 0.732. The predicted octanol–water partition coefficient (Wildman–Crippen LogP) is 3.44. The molecule has 6 nitrogen and oxygen atoms in total. The average Bonchev–Trinajstić information content (AvgIpc) is 3.13. The van der Waals surface area contributed by atoms with Gasteiger partial charge in [-0.15, -0.1) is 0 Å². The lowest BCUT2D eigenvalue weighted by atomic mass is 10.0. The second kappa shape index (κ2) is 7.17. The van der Waals surface area contributed by atoms with Gasteiger partial charge in [0.05, 0.1) is 22.5 Å².